The van der Waals surface area contributed by atoms with Gasteiger partial charge in [-0.05, 0) is 60.0 Å². The lowest BCUT2D eigenvalue weighted by atomic mass is 10.2. The van der Waals surface area contributed by atoms with Crippen LogP contribution in [0.5, 0.6) is 5.75 Å². The van der Waals surface area contributed by atoms with Crippen LogP contribution in [0.15, 0.2) is 76.5 Å². The van der Waals surface area contributed by atoms with Gasteiger partial charge in [0, 0.05) is 27.8 Å². The number of benzene rings is 2. The van der Waals surface area contributed by atoms with Gasteiger partial charge in [-0.15, -0.1) is 16.4 Å². The second-order valence-electron chi connectivity index (χ2n) is 6.51. The summed E-state index contributed by atoms with van der Waals surface area (Å²) in [4.78, 5) is 25.7. The molecule has 0 unspecified atom stereocenters. The fourth-order valence-electron chi connectivity index (χ4n) is 2.76. The summed E-state index contributed by atoms with van der Waals surface area (Å²) in [5.41, 5.74) is 1.51. The SMILES string of the molecule is COc1ccc(-c2nnc(NC(=O)c3cccc(NC(=O)/C=C/c4cccs4)c3)o2)cc1. The zero-order valence-corrected chi connectivity index (χ0v) is 17.8. The Bertz CT molecular complexity index is 1250. The third-order valence-corrected chi connectivity index (χ3v) is 5.15. The molecule has 2 N–H and O–H groups in total. The van der Waals surface area contributed by atoms with Crippen LogP contribution < -0.4 is 15.4 Å². The number of thiophene rings is 1. The van der Waals surface area contributed by atoms with Gasteiger partial charge in [0.15, 0.2) is 0 Å². The van der Waals surface area contributed by atoms with E-state index in [9.17, 15) is 9.59 Å². The van der Waals surface area contributed by atoms with E-state index in [4.69, 9.17) is 9.15 Å². The Morgan fingerprint density at radius 3 is 2.62 bits per heavy atom. The standard InChI is InChI=1S/C23H18N4O4S/c1-30-18-9-7-15(8-10-18)22-26-27-23(31-22)25-21(29)16-4-2-5-17(14-16)24-20(28)12-11-19-6-3-13-32-19/h2-14H,1H3,(H,24,28)(H,25,27,29)/b12-11+. The van der Waals surface area contributed by atoms with E-state index in [0.717, 1.165) is 4.88 Å². The van der Waals surface area contributed by atoms with Crippen molar-refractivity contribution < 1.29 is 18.7 Å². The highest BCUT2D eigenvalue weighted by Gasteiger charge is 2.13. The van der Waals surface area contributed by atoms with Gasteiger partial charge in [0.05, 0.1) is 7.11 Å². The molecule has 0 saturated heterocycles. The summed E-state index contributed by atoms with van der Waals surface area (Å²) in [6.07, 6.45) is 3.17. The largest absolute Gasteiger partial charge is 0.497 e. The molecule has 2 amide bonds. The van der Waals surface area contributed by atoms with Crippen LogP contribution in [0.1, 0.15) is 15.2 Å². The van der Waals surface area contributed by atoms with Crippen LogP contribution in [0.2, 0.25) is 0 Å². The Morgan fingerprint density at radius 2 is 1.88 bits per heavy atom. The molecule has 0 aliphatic rings. The molecule has 0 bridgehead atoms. The monoisotopic (exact) mass is 446 g/mol. The van der Waals surface area contributed by atoms with E-state index in [0.29, 0.717) is 22.6 Å². The second kappa shape index (κ2) is 9.71. The van der Waals surface area contributed by atoms with Crippen molar-refractivity contribution in [1.29, 1.82) is 0 Å². The third kappa shape index (κ3) is 5.27. The van der Waals surface area contributed by atoms with Crippen molar-refractivity contribution in [3.05, 3.63) is 82.6 Å². The maximum absolute atomic E-state index is 12.6. The van der Waals surface area contributed by atoms with Crippen molar-refractivity contribution in [3.63, 3.8) is 0 Å². The van der Waals surface area contributed by atoms with Gasteiger partial charge in [-0.2, -0.15) is 0 Å². The minimum Gasteiger partial charge on any atom is -0.497 e. The summed E-state index contributed by atoms with van der Waals surface area (Å²) in [6.45, 7) is 0. The van der Waals surface area contributed by atoms with Gasteiger partial charge in [-0.25, -0.2) is 0 Å². The molecular formula is C23H18N4O4S. The number of carbonyl (C=O) groups is 2. The number of carbonyl (C=O) groups excluding carboxylic acids is 2. The fourth-order valence-corrected chi connectivity index (χ4v) is 3.38. The number of rotatable bonds is 7. The minimum absolute atomic E-state index is 0.0332. The first-order valence-electron chi connectivity index (χ1n) is 9.52. The quantitative estimate of drug-likeness (QED) is 0.398. The van der Waals surface area contributed by atoms with E-state index < -0.39 is 5.91 Å². The van der Waals surface area contributed by atoms with Gasteiger partial charge in [-0.3, -0.25) is 14.9 Å². The molecule has 0 fully saturated rings. The van der Waals surface area contributed by atoms with E-state index in [1.165, 1.54) is 17.4 Å². The molecule has 0 spiro atoms. The number of nitrogens with zero attached hydrogens (tertiary/aromatic N) is 2. The lowest BCUT2D eigenvalue weighted by Gasteiger charge is -2.05. The van der Waals surface area contributed by atoms with Crippen LogP contribution in [-0.4, -0.2) is 29.1 Å². The Hall–Kier alpha value is -4.24. The summed E-state index contributed by atoms with van der Waals surface area (Å²) < 4.78 is 10.6. The van der Waals surface area contributed by atoms with Crippen LogP contribution in [0.3, 0.4) is 0 Å². The molecular weight excluding hydrogens is 428 g/mol. The van der Waals surface area contributed by atoms with Gasteiger partial charge in [-0.1, -0.05) is 17.2 Å². The number of nitrogens with one attached hydrogen (secondary N) is 2. The van der Waals surface area contributed by atoms with Crippen molar-refractivity contribution >= 4 is 40.9 Å². The molecule has 0 saturated carbocycles. The van der Waals surface area contributed by atoms with Crippen LogP contribution in [0.4, 0.5) is 11.7 Å². The lowest BCUT2D eigenvalue weighted by Crippen LogP contribution is -2.13. The Morgan fingerprint density at radius 1 is 1.03 bits per heavy atom. The van der Waals surface area contributed by atoms with Crippen LogP contribution >= 0.6 is 11.3 Å². The van der Waals surface area contributed by atoms with E-state index in [1.807, 2.05) is 17.5 Å². The Labute approximate surface area is 187 Å². The van der Waals surface area contributed by atoms with Gasteiger partial charge < -0.3 is 14.5 Å². The predicted octanol–water partition coefficient (Wildman–Crippen LogP) is 4.71. The third-order valence-electron chi connectivity index (χ3n) is 4.32. The summed E-state index contributed by atoms with van der Waals surface area (Å²) in [6, 6.07) is 17.4. The van der Waals surface area contributed by atoms with Gasteiger partial charge in [0.2, 0.25) is 11.8 Å². The van der Waals surface area contributed by atoms with Crippen molar-refractivity contribution in [2.45, 2.75) is 0 Å². The number of aromatic nitrogens is 2. The van der Waals surface area contributed by atoms with E-state index in [-0.39, 0.29) is 17.8 Å². The zero-order chi connectivity index (χ0) is 22.3. The highest BCUT2D eigenvalue weighted by atomic mass is 32.1. The maximum Gasteiger partial charge on any atom is 0.322 e. The predicted molar refractivity (Wildman–Crippen MR) is 123 cm³/mol. The molecule has 4 rings (SSSR count). The first-order chi connectivity index (χ1) is 15.6. The summed E-state index contributed by atoms with van der Waals surface area (Å²) in [5.74, 6) is 0.231. The summed E-state index contributed by atoms with van der Waals surface area (Å²) in [5, 5.41) is 15.0. The fraction of sp³-hybridized carbons (Fsp3) is 0.0435. The topological polar surface area (TPSA) is 106 Å². The average molecular weight is 446 g/mol. The number of amides is 2. The highest BCUT2D eigenvalue weighted by Crippen LogP contribution is 2.23. The molecule has 160 valence electrons. The molecule has 2 heterocycles. The molecule has 9 heteroatoms. The zero-order valence-electron chi connectivity index (χ0n) is 16.9. The highest BCUT2D eigenvalue weighted by molar-refractivity contribution is 7.10. The first kappa shape index (κ1) is 21.0. The number of hydrogen-bond acceptors (Lipinski definition) is 7. The second-order valence-corrected chi connectivity index (χ2v) is 7.49. The molecule has 8 nitrogen and oxygen atoms in total. The molecule has 2 aromatic heterocycles. The Balaban J connectivity index is 1.39. The minimum atomic E-state index is -0.444. The first-order valence-corrected chi connectivity index (χ1v) is 10.4. The molecule has 0 aliphatic carbocycles. The molecule has 32 heavy (non-hydrogen) atoms. The van der Waals surface area contributed by atoms with Crippen molar-refractivity contribution in [3.8, 4) is 17.2 Å². The van der Waals surface area contributed by atoms with Crippen molar-refractivity contribution in [2.75, 3.05) is 17.7 Å². The number of anilines is 2. The number of hydrogen-bond donors (Lipinski definition) is 2. The van der Waals surface area contributed by atoms with Crippen molar-refractivity contribution in [1.82, 2.24) is 10.2 Å². The number of methoxy groups -OCH3 is 1. The van der Waals surface area contributed by atoms with Crippen molar-refractivity contribution in [2.24, 2.45) is 0 Å². The molecule has 0 aliphatic heterocycles. The molecule has 4 aromatic rings. The van der Waals surface area contributed by atoms with Gasteiger partial charge in [0.1, 0.15) is 5.75 Å². The van der Waals surface area contributed by atoms with Crippen LogP contribution in [0.25, 0.3) is 17.5 Å². The van der Waals surface area contributed by atoms with Crippen LogP contribution in [0, 0.1) is 0 Å². The lowest BCUT2D eigenvalue weighted by molar-refractivity contribution is -0.111. The summed E-state index contributed by atoms with van der Waals surface area (Å²) in [7, 11) is 1.58. The molecule has 0 atom stereocenters. The van der Waals surface area contributed by atoms with Gasteiger partial charge >= 0.3 is 6.01 Å². The van der Waals surface area contributed by atoms with E-state index >= 15 is 0 Å². The summed E-state index contributed by atoms with van der Waals surface area (Å²) >= 11 is 1.54. The van der Waals surface area contributed by atoms with Crippen LogP contribution in [-0.2, 0) is 4.79 Å². The average Bonchev–Trinajstić information content (AvgIpc) is 3.50. The van der Waals surface area contributed by atoms with E-state index in [1.54, 1.807) is 61.7 Å². The Kier molecular flexibility index (Phi) is 6.38. The molecule has 2 aromatic carbocycles. The van der Waals surface area contributed by atoms with E-state index in [2.05, 4.69) is 20.8 Å². The smallest absolute Gasteiger partial charge is 0.322 e. The van der Waals surface area contributed by atoms with Gasteiger partial charge in [0.25, 0.3) is 5.91 Å². The normalized spacial score (nSPS) is 10.8. The maximum atomic E-state index is 12.6. The molecule has 0 radical (unpaired) electrons. The number of ether oxygens (including phenoxy) is 1.